The van der Waals surface area contributed by atoms with Crippen LogP contribution in [-0.2, 0) is 14.3 Å². The molecule has 4 atom stereocenters. The van der Waals surface area contributed by atoms with Crippen molar-refractivity contribution in [3.63, 3.8) is 0 Å². The summed E-state index contributed by atoms with van der Waals surface area (Å²) in [6.07, 6.45) is 0.473. The van der Waals surface area contributed by atoms with Crippen LogP contribution in [0.15, 0.2) is 0 Å². The highest BCUT2D eigenvalue weighted by molar-refractivity contribution is 6.27. The summed E-state index contributed by atoms with van der Waals surface area (Å²) in [5.74, 6) is -0.356. The van der Waals surface area contributed by atoms with Crippen molar-refractivity contribution in [2.45, 2.75) is 62.2 Å². The molecule has 114 valence electrons. The van der Waals surface area contributed by atoms with Gasteiger partial charge in [0.05, 0.1) is 4.87 Å². The van der Waals surface area contributed by atoms with Crippen LogP contribution >= 0.6 is 23.2 Å². The van der Waals surface area contributed by atoms with Gasteiger partial charge in [0.15, 0.2) is 5.60 Å². The number of ether oxygens (including phenoxy) is 2. The minimum absolute atomic E-state index is 0.00331. The van der Waals surface area contributed by atoms with Crippen molar-refractivity contribution in [1.82, 2.24) is 5.32 Å². The molecule has 2 aliphatic rings. The van der Waals surface area contributed by atoms with Crippen molar-refractivity contribution in [3.05, 3.63) is 0 Å². The highest BCUT2D eigenvalue weighted by Gasteiger charge is 2.73. The van der Waals surface area contributed by atoms with Gasteiger partial charge in [-0.3, -0.25) is 10.1 Å². The zero-order chi connectivity index (χ0) is 15.1. The molecular formula is C13H19Cl2NO4. The Kier molecular flexibility index (Phi) is 4.24. The highest BCUT2D eigenvalue weighted by atomic mass is 35.5. The smallest absolute Gasteiger partial charge is 0.416 e. The van der Waals surface area contributed by atoms with Gasteiger partial charge < -0.3 is 9.47 Å². The molecule has 20 heavy (non-hydrogen) atoms. The predicted octanol–water partition coefficient (Wildman–Crippen LogP) is 2.78. The Hall–Kier alpha value is -0.520. The first-order valence-corrected chi connectivity index (χ1v) is 7.52. The second kappa shape index (κ2) is 5.35. The number of nitrogens with one attached hydrogen (secondary N) is 1. The Bertz CT molecular complexity index is 431. The van der Waals surface area contributed by atoms with Gasteiger partial charge in [0, 0.05) is 12.3 Å². The van der Waals surface area contributed by atoms with Gasteiger partial charge >= 0.3 is 6.09 Å². The average Bonchev–Trinajstić information content (AvgIpc) is 2.98. The molecule has 0 bridgehead atoms. The molecular weight excluding hydrogens is 305 g/mol. The summed E-state index contributed by atoms with van der Waals surface area (Å²) in [4.78, 5) is 21.6. The Balaban J connectivity index is 2.07. The predicted molar refractivity (Wildman–Crippen MR) is 74.8 cm³/mol. The van der Waals surface area contributed by atoms with E-state index in [4.69, 9.17) is 32.7 Å². The highest BCUT2D eigenvalue weighted by Crippen LogP contribution is 2.60. The maximum atomic E-state index is 11.5. The number of alkyl carbamates (subject to hydrolysis) is 1. The minimum atomic E-state index is -0.810. The Morgan fingerprint density at radius 3 is 2.65 bits per heavy atom. The second-order valence-corrected chi connectivity index (χ2v) is 7.07. The molecule has 0 radical (unpaired) electrons. The second-order valence-electron chi connectivity index (χ2n) is 5.78. The number of hydrogen-bond donors (Lipinski definition) is 1. The van der Waals surface area contributed by atoms with Crippen molar-refractivity contribution >= 4 is 35.2 Å². The summed E-state index contributed by atoms with van der Waals surface area (Å²) in [7, 11) is 0. The van der Waals surface area contributed by atoms with E-state index < -0.39 is 28.8 Å². The number of rotatable bonds is 2. The first-order chi connectivity index (χ1) is 9.21. The molecule has 7 heteroatoms. The quantitative estimate of drug-likeness (QED) is 0.626. The molecule has 2 fully saturated rings. The van der Waals surface area contributed by atoms with Gasteiger partial charge in [-0.2, -0.15) is 0 Å². The fourth-order valence-corrected chi connectivity index (χ4v) is 3.76. The summed E-state index contributed by atoms with van der Waals surface area (Å²) in [5.41, 5.74) is -0.692. The molecule has 1 N–H and O–H groups in total. The van der Waals surface area contributed by atoms with Gasteiger partial charge in [0.25, 0.3) is 0 Å². The summed E-state index contributed by atoms with van der Waals surface area (Å²) >= 11 is 13.0. The van der Waals surface area contributed by atoms with Crippen LogP contribution in [0.3, 0.4) is 0 Å². The van der Waals surface area contributed by atoms with E-state index >= 15 is 0 Å². The number of carbonyl (C=O) groups is 2. The number of carbonyl (C=O) groups excluding carboxylic acids is 2. The van der Waals surface area contributed by atoms with Crippen LogP contribution < -0.4 is 5.32 Å². The number of halogens is 2. The Labute approximate surface area is 128 Å². The molecule has 2 amide bonds. The standard InChI is InChI=1S/C13H19Cl2NO4/c1-7(2)12(15)6-9(14)4-5-13(12)10(20-13)19-11(18)16-8(3)17/h7,9-10H,4-6H2,1-3H3,(H,16,17,18)/t9-,10?,12+,13+/m1/s1. The lowest BCUT2D eigenvalue weighted by molar-refractivity contribution is -0.118. The molecule has 1 heterocycles. The van der Waals surface area contributed by atoms with Gasteiger partial charge in [-0.15, -0.1) is 23.2 Å². The zero-order valence-corrected chi connectivity index (χ0v) is 13.3. The van der Waals surface area contributed by atoms with Crippen LogP contribution in [0.25, 0.3) is 0 Å². The Morgan fingerprint density at radius 2 is 2.10 bits per heavy atom. The lowest BCUT2D eigenvalue weighted by atomic mass is 9.72. The Morgan fingerprint density at radius 1 is 1.45 bits per heavy atom. The largest absolute Gasteiger partial charge is 0.416 e. The molecule has 1 aliphatic heterocycles. The number of alkyl halides is 2. The number of epoxide rings is 1. The van der Waals surface area contributed by atoms with Gasteiger partial charge in [0.2, 0.25) is 12.2 Å². The third kappa shape index (κ3) is 2.63. The normalized spacial score (nSPS) is 39.7. The summed E-state index contributed by atoms with van der Waals surface area (Å²) in [6, 6.07) is 0. The van der Waals surface area contributed by atoms with Crippen molar-refractivity contribution in [2.75, 3.05) is 0 Å². The van der Waals surface area contributed by atoms with E-state index in [0.29, 0.717) is 12.8 Å². The third-order valence-electron chi connectivity index (χ3n) is 4.10. The fraction of sp³-hybridized carbons (Fsp3) is 0.846. The summed E-state index contributed by atoms with van der Waals surface area (Å²) in [5, 5.41) is 2.05. The topological polar surface area (TPSA) is 67.9 Å². The van der Waals surface area contributed by atoms with Crippen LogP contribution in [0.1, 0.15) is 40.0 Å². The van der Waals surface area contributed by atoms with Gasteiger partial charge in [-0.1, -0.05) is 13.8 Å². The summed E-state index contributed by atoms with van der Waals surface area (Å²) < 4.78 is 10.8. The van der Waals surface area contributed by atoms with Crippen molar-refractivity contribution < 1.29 is 19.1 Å². The first kappa shape index (κ1) is 15.9. The molecule has 1 spiro atoms. The number of imide groups is 1. The molecule has 1 saturated carbocycles. The number of hydrogen-bond acceptors (Lipinski definition) is 4. The molecule has 0 aromatic rings. The molecule has 1 aliphatic carbocycles. The molecule has 5 nitrogen and oxygen atoms in total. The van der Waals surface area contributed by atoms with E-state index in [2.05, 4.69) is 5.32 Å². The van der Waals surface area contributed by atoms with E-state index in [1.54, 1.807) is 0 Å². The van der Waals surface area contributed by atoms with E-state index in [0.717, 1.165) is 6.42 Å². The van der Waals surface area contributed by atoms with Crippen molar-refractivity contribution in [3.8, 4) is 0 Å². The first-order valence-electron chi connectivity index (χ1n) is 6.70. The van der Waals surface area contributed by atoms with Gasteiger partial charge in [-0.25, -0.2) is 4.79 Å². The summed E-state index contributed by atoms with van der Waals surface area (Å²) in [6.45, 7) is 5.24. The molecule has 0 aromatic heterocycles. The zero-order valence-electron chi connectivity index (χ0n) is 11.7. The minimum Gasteiger partial charge on any atom is -0.416 e. The lowest BCUT2D eigenvalue weighted by Crippen LogP contribution is -2.52. The molecule has 1 unspecified atom stereocenters. The SMILES string of the molecule is CC(=O)NC(=O)OC1O[C@@]12CC[C@@H](Cl)C[C@]2(Cl)C(C)C. The van der Waals surface area contributed by atoms with Gasteiger partial charge in [0.1, 0.15) is 0 Å². The van der Waals surface area contributed by atoms with Crippen LogP contribution in [0.4, 0.5) is 4.79 Å². The maximum Gasteiger partial charge on any atom is 0.416 e. The van der Waals surface area contributed by atoms with Gasteiger partial charge in [-0.05, 0) is 25.2 Å². The maximum absolute atomic E-state index is 11.5. The van der Waals surface area contributed by atoms with E-state index in [1.807, 2.05) is 13.8 Å². The van der Waals surface area contributed by atoms with Crippen LogP contribution in [-0.4, -0.2) is 34.1 Å². The third-order valence-corrected chi connectivity index (χ3v) is 5.38. The lowest BCUT2D eigenvalue weighted by Gasteiger charge is -2.42. The molecule has 1 saturated heterocycles. The fourth-order valence-electron chi connectivity index (χ4n) is 2.92. The van der Waals surface area contributed by atoms with Crippen LogP contribution in [0.5, 0.6) is 0 Å². The van der Waals surface area contributed by atoms with E-state index in [1.165, 1.54) is 6.92 Å². The van der Waals surface area contributed by atoms with Crippen molar-refractivity contribution in [1.29, 1.82) is 0 Å². The molecule has 2 rings (SSSR count). The van der Waals surface area contributed by atoms with Crippen LogP contribution in [0, 0.1) is 5.92 Å². The van der Waals surface area contributed by atoms with Crippen molar-refractivity contribution in [2.24, 2.45) is 5.92 Å². The average molecular weight is 324 g/mol. The van der Waals surface area contributed by atoms with E-state index in [-0.39, 0.29) is 11.3 Å². The number of amides is 2. The van der Waals surface area contributed by atoms with Crippen LogP contribution in [0.2, 0.25) is 0 Å². The molecule has 0 aromatic carbocycles. The van der Waals surface area contributed by atoms with E-state index in [9.17, 15) is 9.59 Å². The monoisotopic (exact) mass is 323 g/mol.